The summed E-state index contributed by atoms with van der Waals surface area (Å²) in [5.41, 5.74) is 2.97. The first-order valence-electron chi connectivity index (χ1n) is 6.01. The zero-order valence-electron chi connectivity index (χ0n) is 10.2. The molecule has 1 aliphatic rings. The van der Waals surface area contributed by atoms with Crippen molar-refractivity contribution in [2.24, 2.45) is 7.05 Å². The van der Waals surface area contributed by atoms with Crippen LogP contribution in [-0.2, 0) is 7.05 Å². The number of aromatic nitrogens is 3. The molecule has 1 unspecified atom stereocenters. The lowest BCUT2D eigenvalue weighted by Gasteiger charge is -2.07. The molecule has 17 heavy (non-hydrogen) atoms. The maximum absolute atomic E-state index is 4.76. The third-order valence-electron chi connectivity index (χ3n) is 3.49. The van der Waals surface area contributed by atoms with Gasteiger partial charge in [-0.25, -0.2) is 9.97 Å². The molecule has 0 aromatic carbocycles. The van der Waals surface area contributed by atoms with E-state index < -0.39 is 0 Å². The van der Waals surface area contributed by atoms with Crippen LogP contribution in [0.4, 0.5) is 5.69 Å². The van der Waals surface area contributed by atoms with Crippen molar-refractivity contribution in [2.75, 3.05) is 25.5 Å². The second-order valence-corrected chi connectivity index (χ2v) is 4.50. The molecule has 0 bridgehead atoms. The van der Waals surface area contributed by atoms with Crippen LogP contribution in [0.25, 0.3) is 11.2 Å². The van der Waals surface area contributed by atoms with Crippen molar-refractivity contribution in [1.29, 1.82) is 0 Å². The second kappa shape index (κ2) is 4.00. The van der Waals surface area contributed by atoms with E-state index in [1.54, 1.807) is 0 Å². The van der Waals surface area contributed by atoms with Gasteiger partial charge >= 0.3 is 0 Å². The van der Waals surface area contributed by atoms with Crippen molar-refractivity contribution in [1.82, 2.24) is 19.9 Å². The fraction of sp³-hybridized carbons (Fsp3) is 0.500. The van der Waals surface area contributed by atoms with E-state index in [0.717, 1.165) is 42.2 Å². The maximum Gasteiger partial charge on any atom is 0.161 e. The van der Waals surface area contributed by atoms with Crippen LogP contribution in [0, 0.1) is 0 Å². The molecule has 0 amide bonds. The zero-order valence-corrected chi connectivity index (χ0v) is 10.2. The van der Waals surface area contributed by atoms with Crippen molar-refractivity contribution in [3.8, 4) is 0 Å². The third-order valence-corrected chi connectivity index (χ3v) is 3.49. The highest BCUT2D eigenvalue weighted by molar-refractivity contribution is 5.85. The molecule has 2 N–H and O–H groups in total. The molecule has 1 aliphatic heterocycles. The van der Waals surface area contributed by atoms with Crippen LogP contribution in [0.5, 0.6) is 0 Å². The molecule has 5 nitrogen and oxygen atoms in total. The Kier molecular flexibility index (Phi) is 2.48. The molecule has 5 heteroatoms. The van der Waals surface area contributed by atoms with Gasteiger partial charge in [-0.3, -0.25) is 0 Å². The summed E-state index contributed by atoms with van der Waals surface area (Å²) >= 11 is 0. The van der Waals surface area contributed by atoms with Crippen LogP contribution < -0.4 is 10.6 Å². The van der Waals surface area contributed by atoms with Crippen molar-refractivity contribution in [3.05, 3.63) is 18.1 Å². The number of imidazole rings is 1. The normalized spacial score (nSPS) is 20.0. The van der Waals surface area contributed by atoms with E-state index in [9.17, 15) is 0 Å². The maximum atomic E-state index is 4.76. The van der Waals surface area contributed by atoms with Crippen LogP contribution in [0.1, 0.15) is 18.2 Å². The molecule has 2 aromatic heterocycles. The summed E-state index contributed by atoms with van der Waals surface area (Å²) in [6.45, 7) is 2.10. The van der Waals surface area contributed by atoms with Gasteiger partial charge in [-0.1, -0.05) is 0 Å². The van der Waals surface area contributed by atoms with Gasteiger partial charge in [-0.15, -0.1) is 0 Å². The molecule has 3 heterocycles. The summed E-state index contributed by atoms with van der Waals surface area (Å²) in [5.74, 6) is 1.65. The number of aryl methyl sites for hydroxylation is 1. The fourth-order valence-electron chi connectivity index (χ4n) is 2.54. The quantitative estimate of drug-likeness (QED) is 0.812. The standard InChI is InChI=1S/C12H17N5/c1-13-9-4-6-15-12-10(9)16-11(17(12)2)8-3-5-14-7-8/h4,6,8,14H,3,5,7H2,1-2H3,(H,13,15). The number of nitrogens with zero attached hydrogens (tertiary/aromatic N) is 3. The molecular formula is C12H17N5. The van der Waals surface area contributed by atoms with E-state index >= 15 is 0 Å². The SMILES string of the molecule is CNc1ccnc2c1nc(C1CCNC1)n2C. The number of pyridine rings is 1. The summed E-state index contributed by atoms with van der Waals surface area (Å²) < 4.78 is 2.12. The molecule has 1 saturated heterocycles. The van der Waals surface area contributed by atoms with E-state index in [4.69, 9.17) is 4.98 Å². The highest BCUT2D eigenvalue weighted by Gasteiger charge is 2.23. The monoisotopic (exact) mass is 231 g/mol. The average Bonchev–Trinajstić information content (AvgIpc) is 2.97. The number of anilines is 1. The van der Waals surface area contributed by atoms with Gasteiger partial charge in [0.25, 0.3) is 0 Å². The predicted octanol–water partition coefficient (Wildman–Crippen LogP) is 1.09. The molecule has 3 rings (SSSR count). The molecule has 0 aliphatic carbocycles. The number of fused-ring (bicyclic) bond motifs is 1. The van der Waals surface area contributed by atoms with Gasteiger partial charge < -0.3 is 15.2 Å². The fourth-order valence-corrected chi connectivity index (χ4v) is 2.54. The Morgan fingerprint density at radius 1 is 1.53 bits per heavy atom. The number of hydrogen-bond donors (Lipinski definition) is 2. The Labute approximate surface area is 100 Å². The van der Waals surface area contributed by atoms with Crippen LogP contribution in [-0.4, -0.2) is 34.7 Å². The third kappa shape index (κ3) is 1.58. The van der Waals surface area contributed by atoms with Gasteiger partial charge in [0.05, 0.1) is 5.69 Å². The lowest BCUT2D eigenvalue weighted by atomic mass is 10.1. The summed E-state index contributed by atoms with van der Waals surface area (Å²) in [5, 5.41) is 6.55. The predicted molar refractivity (Wildman–Crippen MR) is 68.3 cm³/mol. The van der Waals surface area contributed by atoms with Crippen LogP contribution in [0.2, 0.25) is 0 Å². The van der Waals surface area contributed by atoms with Gasteiger partial charge in [0.2, 0.25) is 0 Å². The molecule has 2 aromatic rings. The summed E-state index contributed by atoms with van der Waals surface area (Å²) in [6.07, 6.45) is 2.98. The molecule has 0 saturated carbocycles. The first-order valence-corrected chi connectivity index (χ1v) is 6.01. The van der Waals surface area contributed by atoms with Gasteiger partial charge in [0, 0.05) is 32.8 Å². The number of nitrogens with one attached hydrogen (secondary N) is 2. The molecule has 0 spiro atoms. The average molecular weight is 231 g/mol. The second-order valence-electron chi connectivity index (χ2n) is 4.50. The van der Waals surface area contributed by atoms with Gasteiger partial charge in [0.15, 0.2) is 5.65 Å². The minimum absolute atomic E-state index is 0.513. The molecule has 1 atom stereocenters. The Morgan fingerprint density at radius 2 is 2.41 bits per heavy atom. The topological polar surface area (TPSA) is 54.8 Å². The Morgan fingerprint density at radius 3 is 3.12 bits per heavy atom. The smallest absolute Gasteiger partial charge is 0.161 e. The van der Waals surface area contributed by atoms with Gasteiger partial charge in [-0.05, 0) is 19.0 Å². The lowest BCUT2D eigenvalue weighted by Crippen LogP contribution is -2.11. The van der Waals surface area contributed by atoms with E-state index in [-0.39, 0.29) is 0 Å². The highest BCUT2D eigenvalue weighted by atomic mass is 15.1. The van der Waals surface area contributed by atoms with Crippen LogP contribution >= 0.6 is 0 Å². The largest absolute Gasteiger partial charge is 0.386 e. The molecule has 90 valence electrons. The summed E-state index contributed by atoms with van der Waals surface area (Å²) in [4.78, 5) is 9.18. The Bertz CT molecular complexity index is 539. The molecular weight excluding hydrogens is 214 g/mol. The first kappa shape index (κ1) is 10.5. The Balaban J connectivity index is 2.16. The summed E-state index contributed by atoms with van der Waals surface area (Å²) in [7, 11) is 3.97. The van der Waals surface area contributed by atoms with Crippen molar-refractivity contribution in [3.63, 3.8) is 0 Å². The minimum Gasteiger partial charge on any atom is -0.386 e. The van der Waals surface area contributed by atoms with Crippen molar-refractivity contribution >= 4 is 16.9 Å². The highest BCUT2D eigenvalue weighted by Crippen LogP contribution is 2.27. The number of hydrogen-bond acceptors (Lipinski definition) is 4. The molecule has 0 radical (unpaired) electrons. The lowest BCUT2D eigenvalue weighted by molar-refractivity contribution is 0.666. The van der Waals surface area contributed by atoms with Gasteiger partial charge in [-0.2, -0.15) is 0 Å². The summed E-state index contributed by atoms with van der Waals surface area (Å²) in [6, 6.07) is 1.96. The van der Waals surface area contributed by atoms with Crippen LogP contribution in [0.15, 0.2) is 12.3 Å². The minimum atomic E-state index is 0.513. The van der Waals surface area contributed by atoms with E-state index in [1.165, 1.54) is 0 Å². The van der Waals surface area contributed by atoms with E-state index in [1.807, 2.05) is 19.3 Å². The van der Waals surface area contributed by atoms with Crippen molar-refractivity contribution < 1.29 is 0 Å². The van der Waals surface area contributed by atoms with E-state index in [0.29, 0.717) is 5.92 Å². The zero-order chi connectivity index (χ0) is 11.8. The Hall–Kier alpha value is -1.62. The number of rotatable bonds is 2. The molecule has 1 fully saturated rings. The van der Waals surface area contributed by atoms with Crippen molar-refractivity contribution in [2.45, 2.75) is 12.3 Å². The van der Waals surface area contributed by atoms with Gasteiger partial charge in [0.1, 0.15) is 11.3 Å². The first-order chi connectivity index (χ1) is 8.31. The van der Waals surface area contributed by atoms with E-state index in [2.05, 4.69) is 27.2 Å². The van der Waals surface area contributed by atoms with Crippen LogP contribution in [0.3, 0.4) is 0 Å².